The van der Waals surface area contributed by atoms with Gasteiger partial charge >= 0.3 is 6.09 Å². The smallest absolute Gasteiger partial charge is 0.408 e. The van der Waals surface area contributed by atoms with Crippen molar-refractivity contribution in [2.45, 2.75) is 84.2 Å². The highest BCUT2D eigenvalue weighted by molar-refractivity contribution is 5.93. The van der Waals surface area contributed by atoms with Gasteiger partial charge in [0.2, 0.25) is 17.7 Å². The first-order valence-electron chi connectivity index (χ1n) is 13.1. The molecule has 0 radical (unpaired) electrons. The molecule has 0 fully saturated rings. The first kappa shape index (κ1) is 31.9. The summed E-state index contributed by atoms with van der Waals surface area (Å²) in [4.78, 5) is 53.8. The molecule has 9 heteroatoms. The van der Waals surface area contributed by atoms with Crippen molar-refractivity contribution < 1.29 is 23.9 Å². The monoisotopic (exact) mass is 548 g/mol. The molecule has 0 bridgehead atoms. The van der Waals surface area contributed by atoms with E-state index in [0.717, 1.165) is 5.56 Å². The molecule has 0 heterocycles. The molecule has 4 N–H and O–H groups in total. The fraction of sp³-hybridized carbons (Fsp3) is 0.419. The lowest BCUT2D eigenvalue weighted by atomic mass is 9.94. The molecule has 2 rings (SSSR count). The van der Waals surface area contributed by atoms with Crippen LogP contribution in [-0.2, 0) is 25.7 Å². The van der Waals surface area contributed by atoms with Crippen LogP contribution in [0, 0.1) is 12.3 Å². The third-order valence-corrected chi connectivity index (χ3v) is 5.84. The number of carbonyl (C=O) groups is 4. The van der Waals surface area contributed by atoms with E-state index >= 15 is 0 Å². The van der Waals surface area contributed by atoms with Crippen molar-refractivity contribution in [3.63, 3.8) is 0 Å². The predicted octanol–water partition coefficient (Wildman–Crippen LogP) is 3.81. The number of nitrogens with one attached hydrogen (secondary N) is 2. The zero-order valence-electron chi connectivity index (χ0n) is 24.1. The Morgan fingerprint density at radius 1 is 0.975 bits per heavy atom. The Balaban J connectivity index is 2.54. The fourth-order valence-corrected chi connectivity index (χ4v) is 4.07. The van der Waals surface area contributed by atoms with E-state index in [1.165, 1.54) is 4.90 Å². The van der Waals surface area contributed by atoms with Crippen molar-refractivity contribution in [3.8, 4) is 12.3 Å². The highest BCUT2D eigenvalue weighted by atomic mass is 16.6. The molecule has 0 saturated heterocycles. The molecular formula is C31H40N4O5. The van der Waals surface area contributed by atoms with Crippen LogP contribution in [0.4, 0.5) is 4.79 Å². The molecular weight excluding hydrogens is 508 g/mol. The second-order valence-electron chi connectivity index (χ2n) is 11.5. The van der Waals surface area contributed by atoms with Gasteiger partial charge in [-0.1, -0.05) is 48.4 Å². The number of benzene rings is 2. The second-order valence-corrected chi connectivity index (χ2v) is 11.5. The van der Waals surface area contributed by atoms with Gasteiger partial charge in [-0.15, -0.1) is 6.42 Å². The van der Waals surface area contributed by atoms with Crippen molar-refractivity contribution in [3.05, 3.63) is 71.3 Å². The van der Waals surface area contributed by atoms with Gasteiger partial charge in [0.1, 0.15) is 17.7 Å². The number of hydrogen-bond acceptors (Lipinski definition) is 5. The number of primary amides is 1. The summed E-state index contributed by atoms with van der Waals surface area (Å²) in [6.07, 6.45) is 4.47. The van der Waals surface area contributed by atoms with Crippen molar-refractivity contribution in [1.82, 2.24) is 15.5 Å². The van der Waals surface area contributed by atoms with E-state index in [-0.39, 0.29) is 19.4 Å². The number of carbonyl (C=O) groups excluding carboxylic acids is 4. The first-order valence-corrected chi connectivity index (χ1v) is 13.1. The maximum atomic E-state index is 14.2. The van der Waals surface area contributed by atoms with Gasteiger partial charge in [0, 0.05) is 24.1 Å². The summed E-state index contributed by atoms with van der Waals surface area (Å²) in [5.41, 5.74) is 5.69. The zero-order valence-corrected chi connectivity index (χ0v) is 24.1. The lowest BCUT2D eigenvalue weighted by molar-refractivity contribution is -0.148. The van der Waals surface area contributed by atoms with Crippen LogP contribution < -0.4 is 16.4 Å². The standard InChI is InChI=1S/C31H40N4O5/c1-8-21-14-16-23(17-15-21)26(27(37)33-20-22-12-10-9-11-13-22)35(30(2,3)4)28(38)24(18-19-25(32)36)34-29(39)40-31(5,6)7/h1,9-17,24,26H,18-20H2,2-7H3,(H2,32,36)(H,33,37)(H,34,39). The normalized spacial score (nSPS) is 12.8. The van der Waals surface area contributed by atoms with Crippen LogP contribution in [0.3, 0.4) is 0 Å². The van der Waals surface area contributed by atoms with Crippen molar-refractivity contribution in [2.24, 2.45) is 5.73 Å². The Labute approximate surface area is 236 Å². The summed E-state index contributed by atoms with van der Waals surface area (Å²) < 4.78 is 5.36. The second kappa shape index (κ2) is 13.7. The predicted molar refractivity (Wildman–Crippen MR) is 154 cm³/mol. The first-order chi connectivity index (χ1) is 18.6. The van der Waals surface area contributed by atoms with Crippen LogP contribution in [-0.4, -0.2) is 45.9 Å². The molecule has 2 aromatic rings. The third-order valence-electron chi connectivity index (χ3n) is 5.84. The van der Waals surface area contributed by atoms with Crippen molar-refractivity contribution >= 4 is 23.8 Å². The minimum absolute atomic E-state index is 0.0750. The molecule has 0 aliphatic heterocycles. The van der Waals surface area contributed by atoms with Crippen LogP contribution in [0.1, 0.15) is 77.1 Å². The van der Waals surface area contributed by atoms with E-state index < -0.39 is 47.0 Å². The number of nitrogens with zero attached hydrogens (tertiary/aromatic N) is 1. The van der Waals surface area contributed by atoms with Crippen LogP contribution in [0.25, 0.3) is 0 Å². The SMILES string of the molecule is C#Cc1ccc(C(C(=O)NCc2ccccc2)N(C(=O)C(CCC(N)=O)NC(=O)OC(C)(C)C)C(C)(C)C)cc1. The molecule has 9 nitrogen and oxygen atoms in total. The van der Waals surface area contributed by atoms with Gasteiger partial charge in [-0.25, -0.2) is 4.79 Å². The van der Waals surface area contributed by atoms with Crippen LogP contribution in [0.5, 0.6) is 0 Å². The lowest BCUT2D eigenvalue weighted by Crippen LogP contribution is -2.58. The Morgan fingerprint density at radius 3 is 2.08 bits per heavy atom. The Hall–Kier alpha value is -4.32. The minimum atomic E-state index is -1.18. The van der Waals surface area contributed by atoms with Crippen molar-refractivity contribution in [2.75, 3.05) is 0 Å². The summed E-state index contributed by atoms with van der Waals surface area (Å²) in [5.74, 6) is 0.926. The summed E-state index contributed by atoms with van der Waals surface area (Å²) in [5, 5.41) is 5.52. The average molecular weight is 549 g/mol. The number of amides is 4. The highest BCUT2D eigenvalue weighted by Crippen LogP contribution is 2.31. The van der Waals surface area contributed by atoms with E-state index in [2.05, 4.69) is 16.6 Å². The lowest BCUT2D eigenvalue weighted by Gasteiger charge is -2.43. The van der Waals surface area contributed by atoms with E-state index in [1.54, 1.807) is 65.8 Å². The molecule has 0 spiro atoms. The van der Waals surface area contributed by atoms with Gasteiger partial charge in [0.05, 0.1) is 0 Å². The van der Waals surface area contributed by atoms with Crippen LogP contribution >= 0.6 is 0 Å². The van der Waals surface area contributed by atoms with E-state index in [1.807, 2.05) is 30.3 Å². The van der Waals surface area contributed by atoms with Gasteiger partial charge in [0.25, 0.3) is 0 Å². The van der Waals surface area contributed by atoms with Gasteiger partial charge < -0.3 is 26.0 Å². The minimum Gasteiger partial charge on any atom is -0.444 e. The molecule has 2 aromatic carbocycles. The zero-order chi connectivity index (χ0) is 30.1. The number of terminal acetylenes is 1. The van der Waals surface area contributed by atoms with Gasteiger partial charge in [-0.05, 0) is 71.2 Å². The third kappa shape index (κ3) is 9.77. The average Bonchev–Trinajstić information content (AvgIpc) is 2.86. The number of hydrogen-bond donors (Lipinski definition) is 3. The fourth-order valence-electron chi connectivity index (χ4n) is 4.07. The molecule has 0 aromatic heterocycles. The van der Waals surface area contributed by atoms with E-state index in [9.17, 15) is 19.2 Å². The Bertz CT molecular complexity index is 1220. The quantitative estimate of drug-likeness (QED) is 0.389. The van der Waals surface area contributed by atoms with Crippen LogP contribution in [0.15, 0.2) is 54.6 Å². The van der Waals surface area contributed by atoms with Crippen molar-refractivity contribution in [1.29, 1.82) is 0 Å². The number of alkyl carbamates (subject to hydrolysis) is 1. The maximum absolute atomic E-state index is 14.2. The summed E-state index contributed by atoms with van der Waals surface area (Å²) in [7, 11) is 0. The molecule has 0 aliphatic rings. The molecule has 2 unspecified atom stereocenters. The summed E-state index contributed by atoms with van der Waals surface area (Å²) in [6, 6.07) is 13.9. The Kier molecular flexibility index (Phi) is 10.9. The number of rotatable bonds is 10. The van der Waals surface area contributed by atoms with E-state index in [4.69, 9.17) is 16.9 Å². The molecule has 0 saturated carbocycles. The summed E-state index contributed by atoms with van der Waals surface area (Å²) >= 11 is 0. The number of ether oxygens (including phenoxy) is 1. The highest BCUT2D eigenvalue weighted by Gasteiger charge is 2.41. The molecule has 4 amide bonds. The summed E-state index contributed by atoms with van der Waals surface area (Å²) in [6.45, 7) is 10.7. The van der Waals surface area contributed by atoms with Gasteiger partial charge in [-0.3, -0.25) is 14.4 Å². The molecule has 40 heavy (non-hydrogen) atoms. The van der Waals surface area contributed by atoms with Crippen LogP contribution in [0.2, 0.25) is 0 Å². The topological polar surface area (TPSA) is 131 Å². The molecule has 2 atom stereocenters. The van der Waals surface area contributed by atoms with E-state index in [0.29, 0.717) is 11.1 Å². The Morgan fingerprint density at radius 2 is 1.57 bits per heavy atom. The van der Waals surface area contributed by atoms with Gasteiger partial charge in [0.15, 0.2) is 0 Å². The maximum Gasteiger partial charge on any atom is 0.408 e. The molecule has 0 aliphatic carbocycles. The number of nitrogens with two attached hydrogens (primary N) is 1. The largest absolute Gasteiger partial charge is 0.444 e. The molecule has 214 valence electrons. The van der Waals surface area contributed by atoms with Gasteiger partial charge in [-0.2, -0.15) is 0 Å².